The summed E-state index contributed by atoms with van der Waals surface area (Å²) >= 11 is 0. The monoisotopic (exact) mass is 324 g/mol. The Morgan fingerprint density at radius 1 is 1.17 bits per heavy atom. The van der Waals surface area contributed by atoms with Gasteiger partial charge in [-0.25, -0.2) is 4.39 Å². The van der Waals surface area contributed by atoms with E-state index in [2.05, 4.69) is 20.0 Å². The molecule has 0 amide bonds. The van der Waals surface area contributed by atoms with Gasteiger partial charge in [-0.15, -0.1) is 0 Å². The van der Waals surface area contributed by atoms with Crippen LogP contribution < -0.4 is 0 Å². The Kier molecular flexibility index (Phi) is 4.04. The van der Waals surface area contributed by atoms with Gasteiger partial charge in [0, 0.05) is 18.3 Å². The summed E-state index contributed by atoms with van der Waals surface area (Å²) in [4.78, 5) is 10.8. The highest BCUT2D eigenvalue weighted by atomic mass is 19.1. The van der Waals surface area contributed by atoms with E-state index < -0.39 is 0 Å². The second kappa shape index (κ2) is 6.49. The van der Waals surface area contributed by atoms with E-state index in [4.69, 9.17) is 4.52 Å². The van der Waals surface area contributed by atoms with Crippen molar-refractivity contribution in [2.45, 2.75) is 25.4 Å². The van der Waals surface area contributed by atoms with Crippen LogP contribution in [0.25, 0.3) is 11.4 Å². The molecule has 1 aromatic carbocycles. The largest absolute Gasteiger partial charge is 0.337 e. The van der Waals surface area contributed by atoms with Crippen LogP contribution >= 0.6 is 0 Å². The molecule has 1 fully saturated rings. The van der Waals surface area contributed by atoms with Gasteiger partial charge in [0.05, 0.1) is 11.7 Å². The third kappa shape index (κ3) is 2.92. The standard InChI is InChI=1S/C18H17FN4O/c19-14-8-4-10-20-15(14)12-23-11-5-9-16(23)18-21-17(22-24-18)13-6-2-1-3-7-13/h1-4,6-8,10,16H,5,9,11-12H2/t16-/m1/s1. The number of pyridine rings is 1. The molecule has 3 heterocycles. The molecule has 0 saturated carbocycles. The molecular formula is C18H17FN4O. The zero-order chi connectivity index (χ0) is 16.4. The lowest BCUT2D eigenvalue weighted by Gasteiger charge is -2.21. The van der Waals surface area contributed by atoms with E-state index in [0.29, 0.717) is 24.0 Å². The van der Waals surface area contributed by atoms with Gasteiger partial charge in [0.2, 0.25) is 11.7 Å². The lowest BCUT2D eigenvalue weighted by atomic mass is 10.2. The van der Waals surface area contributed by atoms with Crippen molar-refractivity contribution in [1.29, 1.82) is 0 Å². The second-order valence-electron chi connectivity index (χ2n) is 5.88. The molecule has 1 saturated heterocycles. The van der Waals surface area contributed by atoms with Gasteiger partial charge in [0.15, 0.2) is 0 Å². The van der Waals surface area contributed by atoms with Crippen molar-refractivity contribution in [3.8, 4) is 11.4 Å². The number of aromatic nitrogens is 3. The van der Waals surface area contributed by atoms with Gasteiger partial charge in [-0.1, -0.05) is 35.5 Å². The Bertz CT molecular complexity index is 821. The summed E-state index contributed by atoms with van der Waals surface area (Å²) in [5, 5.41) is 4.09. The first-order chi connectivity index (χ1) is 11.8. The van der Waals surface area contributed by atoms with Crippen LogP contribution in [0, 0.1) is 5.82 Å². The Labute approximate surface area is 139 Å². The molecule has 3 aromatic rings. The maximum absolute atomic E-state index is 13.9. The molecule has 1 aliphatic rings. The van der Waals surface area contributed by atoms with Gasteiger partial charge in [-0.05, 0) is 31.5 Å². The molecule has 4 rings (SSSR count). The van der Waals surface area contributed by atoms with Crippen LogP contribution in [0.3, 0.4) is 0 Å². The van der Waals surface area contributed by atoms with E-state index in [-0.39, 0.29) is 11.9 Å². The van der Waals surface area contributed by atoms with Gasteiger partial charge in [0.25, 0.3) is 0 Å². The van der Waals surface area contributed by atoms with Crippen molar-refractivity contribution in [3.63, 3.8) is 0 Å². The molecule has 0 spiro atoms. The molecular weight excluding hydrogens is 307 g/mol. The predicted octanol–water partition coefficient (Wildman–Crippen LogP) is 3.61. The Morgan fingerprint density at radius 3 is 2.88 bits per heavy atom. The topological polar surface area (TPSA) is 55.1 Å². The lowest BCUT2D eigenvalue weighted by Crippen LogP contribution is -2.24. The normalized spacial score (nSPS) is 18.1. The van der Waals surface area contributed by atoms with Crippen LogP contribution in [0.15, 0.2) is 53.2 Å². The number of hydrogen-bond donors (Lipinski definition) is 0. The summed E-state index contributed by atoms with van der Waals surface area (Å²) in [5.41, 5.74) is 1.38. The second-order valence-corrected chi connectivity index (χ2v) is 5.88. The first-order valence-electron chi connectivity index (χ1n) is 8.04. The predicted molar refractivity (Wildman–Crippen MR) is 86.3 cm³/mol. The van der Waals surface area contributed by atoms with Crippen molar-refractivity contribution < 1.29 is 8.91 Å². The van der Waals surface area contributed by atoms with Crippen LogP contribution in [0.4, 0.5) is 4.39 Å². The summed E-state index contributed by atoms with van der Waals surface area (Å²) in [6.07, 6.45) is 3.55. The highest BCUT2D eigenvalue weighted by Crippen LogP contribution is 2.33. The number of benzene rings is 1. The fraction of sp³-hybridized carbons (Fsp3) is 0.278. The number of nitrogens with zero attached hydrogens (tertiary/aromatic N) is 4. The van der Waals surface area contributed by atoms with Gasteiger partial charge in [-0.2, -0.15) is 4.98 Å². The molecule has 0 N–H and O–H groups in total. The van der Waals surface area contributed by atoms with E-state index in [0.717, 1.165) is 24.9 Å². The summed E-state index contributed by atoms with van der Waals surface area (Å²) < 4.78 is 19.3. The van der Waals surface area contributed by atoms with E-state index in [9.17, 15) is 4.39 Å². The van der Waals surface area contributed by atoms with E-state index >= 15 is 0 Å². The molecule has 0 unspecified atom stereocenters. The zero-order valence-electron chi connectivity index (χ0n) is 13.1. The summed E-state index contributed by atoms with van der Waals surface area (Å²) in [5.74, 6) is 0.891. The molecule has 6 heteroatoms. The van der Waals surface area contributed by atoms with Crippen molar-refractivity contribution in [2.24, 2.45) is 0 Å². The van der Waals surface area contributed by atoms with E-state index in [1.54, 1.807) is 12.3 Å². The summed E-state index contributed by atoms with van der Waals surface area (Å²) in [6.45, 7) is 1.31. The molecule has 0 radical (unpaired) electrons. The summed E-state index contributed by atoms with van der Waals surface area (Å²) in [7, 11) is 0. The third-order valence-electron chi connectivity index (χ3n) is 4.31. The summed E-state index contributed by atoms with van der Waals surface area (Å²) in [6, 6.07) is 12.8. The van der Waals surface area contributed by atoms with Gasteiger partial charge in [0.1, 0.15) is 5.82 Å². The smallest absolute Gasteiger partial charge is 0.244 e. The zero-order valence-corrected chi connectivity index (χ0v) is 13.1. The maximum atomic E-state index is 13.9. The molecule has 122 valence electrons. The minimum atomic E-state index is -0.279. The molecule has 5 nitrogen and oxygen atoms in total. The van der Waals surface area contributed by atoms with Crippen molar-refractivity contribution in [2.75, 3.05) is 6.54 Å². The minimum Gasteiger partial charge on any atom is -0.337 e. The number of likely N-dealkylation sites (tertiary alicyclic amines) is 1. The number of rotatable bonds is 4. The van der Waals surface area contributed by atoms with Crippen molar-refractivity contribution in [3.05, 3.63) is 66.1 Å². The maximum Gasteiger partial charge on any atom is 0.244 e. The van der Waals surface area contributed by atoms with Crippen LogP contribution in [0.1, 0.15) is 30.5 Å². The fourth-order valence-electron chi connectivity index (χ4n) is 3.10. The highest BCUT2D eigenvalue weighted by Gasteiger charge is 2.31. The molecule has 0 bridgehead atoms. The quantitative estimate of drug-likeness (QED) is 0.734. The average Bonchev–Trinajstić information content (AvgIpc) is 3.27. The molecule has 2 aromatic heterocycles. The first-order valence-corrected chi connectivity index (χ1v) is 8.04. The number of hydrogen-bond acceptors (Lipinski definition) is 5. The van der Waals surface area contributed by atoms with E-state index in [1.807, 2.05) is 30.3 Å². The van der Waals surface area contributed by atoms with Crippen LogP contribution in [0.5, 0.6) is 0 Å². The molecule has 1 atom stereocenters. The fourth-order valence-corrected chi connectivity index (χ4v) is 3.10. The first kappa shape index (κ1) is 15.0. The van der Waals surface area contributed by atoms with Crippen molar-refractivity contribution in [1.82, 2.24) is 20.0 Å². The average molecular weight is 324 g/mol. The Morgan fingerprint density at radius 2 is 2.04 bits per heavy atom. The Hall–Kier alpha value is -2.60. The molecule has 24 heavy (non-hydrogen) atoms. The Balaban J connectivity index is 1.55. The van der Waals surface area contributed by atoms with E-state index in [1.165, 1.54) is 6.07 Å². The van der Waals surface area contributed by atoms with Gasteiger partial charge >= 0.3 is 0 Å². The minimum absolute atomic E-state index is 0.0105. The van der Waals surface area contributed by atoms with Gasteiger partial charge < -0.3 is 4.52 Å². The van der Waals surface area contributed by atoms with Crippen LogP contribution in [-0.4, -0.2) is 26.6 Å². The third-order valence-corrected chi connectivity index (χ3v) is 4.31. The highest BCUT2D eigenvalue weighted by molar-refractivity contribution is 5.53. The van der Waals surface area contributed by atoms with Crippen LogP contribution in [0.2, 0.25) is 0 Å². The molecule has 0 aliphatic carbocycles. The number of halogens is 1. The van der Waals surface area contributed by atoms with Crippen molar-refractivity contribution >= 4 is 0 Å². The SMILES string of the molecule is Fc1cccnc1CN1CCC[C@@H]1c1nc(-c2ccccc2)no1. The van der Waals surface area contributed by atoms with Crippen LogP contribution in [-0.2, 0) is 6.54 Å². The van der Waals surface area contributed by atoms with Gasteiger partial charge in [-0.3, -0.25) is 9.88 Å². The lowest BCUT2D eigenvalue weighted by molar-refractivity contribution is 0.197. The molecule has 1 aliphatic heterocycles.